The second-order valence-corrected chi connectivity index (χ2v) is 5.46. The van der Waals surface area contributed by atoms with E-state index >= 15 is 0 Å². The zero-order valence-corrected chi connectivity index (χ0v) is 12.5. The average molecular weight is 256 g/mol. The van der Waals surface area contributed by atoms with Crippen LogP contribution in [0.3, 0.4) is 0 Å². The standard InChI is InChI=1S/C15H28O3/c1-6-7-8-15(4,5)11-13(2)14(3)18-10-9-17-12-16/h11-12,14H,6-10H2,1-5H3/b13-11+. The van der Waals surface area contributed by atoms with Crippen molar-refractivity contribution < 1.29 is 14.3 Å². The first-order chi connectivity index (χ1) is 8.43. The highest BCUT2D eigenvalue weighted by Crippen LogP contribution is 2.27. The summed E-state index contributed by atoms with van der Waals surface area (Å²) in [4.78, 5) is 9.98. The predicted octanol–water partition coefficient (Wildman–Crippen LogP) is 3.73. The van der Waals surface area contributed by atoms with Crippen LogP contribution in [-0.2, 0) is 14.3 Å². The molecule has 0 heterocycles. The van der Waals surface area contributed by atoms with Crippen LogP contribution in [0.1, 0.15) is 53.9 Å². The topological polar surface area (TPSA) is 35.5 Å². The molecule has 0 bridgehead atoms. The van der Waals surface area contributed by atoms with Gasteiger partial charge in [-0.1, -0.05) is 39.7 Å². The maximum absolute atomic E-state index is 9.98. The fourth-order valence-corrected chi connectivity index (χ4v) is 1.89. The minimum atomic E-state index is 0.0705. The van der Waals surface area contributed by atoms with Crippen LogP contribution in [0.5, 0.6) is 0 Å². The van der Waals surface area contributed by atoms with Crippen molar-refractivity contribution in [3.8, 4) is 0 Å². The third-order valence-electron chi connectivity index (χ3n) is 3.07. The normalized spacial score (nSPS) is 14.4. The maximum Gasteiger partial charge on any atom is 0.293 e. The monoisotopic (exact) mass is 256 g/mol. The summed E-state index contributed by atoms with van der Waals surface area (Å²) in [5, 5.41) is 0. The molecule has 0 aliphatic carbocycles. The van der Waals surface area contributed by atoms with E-state index in [1.807, 2.05) is 6.92 Å². The van der Waals surface area contributed by atoms with Gasteiger partial charge in [0.2, 0.25) is 0 Å². The van der Waals surface area contributed by atoms with Crippen LogP contribution >= 0.6 is 0 Å². The highest BCUT2D eigenvalue weighted by atomic mass is 16.5. The number of hydrogen-bond acceptors (Lipinski definition) is 3. The van der Waals surface area contributed by atoms with Crippen molar-refractivity contribution in [2.24, 2.45) is 5.41 Å². The summed E-state index contributed by atoms with van der Waals surface area (Å²) >= 11 is 0. The lowest BCUT2D eigenvalue weighted by Gasteiger charge is -2.23. The van der Waals surface area contributed by atoms with Crippen molar-refractivity contribution in [3.05, 3.63) is 11.6 Å². The van der Waals surface area contributed by atoms with Crippen LogP contribution in [0.4, 0.5) is 0 Å². The summed E-state index contributed by atoms with van der Waals surface area (Å²) in [6.45, 7) is 12.1. The van der Waals surface area contributed by atoms with Crippen molar-refractivity contribution in [3.63, 3.8) is 0 Å². The second-order valence-electron chi connectivity index (χ2n) is 5.46. The van der Waals surface area contributed by atoms with E-state index in [1.165, 1.54) is 24.8 Å². The Hall–Kier alpha value is -0.830. The lowest BCUT2D eigenvalue weighted by atomic mass is 9.85. The van der Waals surface area contributed by atoms with Gasteiger partial charge in [-0.25, -0.2) is 0 Å². The van der Waals surface area contributed by atoms with Crippen LogP contribution in [-0.4, -0.2) is 25.8 Å². The summed E-state index contributed by atoms with van der Waals surface area (Å²) in [5.74, 6) is 0. The minimum absolute atomic E-state index is 0.0705. The van der Waals surface area contributed by atoms with E-state index in [0.29, 0.717) is 19.7 Å². The van der Waals surface area contributed by atoms with Gasteiger partial charge in [0.1, 0.15) is 6.61 Å². The lowest BCUT2D eigenvalue weighted by Crippen LogP contribution is -2.17. The molecule has 3 nitrogen and oxygen atoms in total. The smallest absolute Gasteiger partial charge is 0.293 e. The molecule has 0 fully saturated rings. The van der Waals surface area contributed by atoms with Gasteiger partial charge in [0.25, 0.3) is 6.47 Å². The number of unbranched alkanes of at least 4 members (excludes halogenated alkanes) is 1. The van der Waals surface area contributed by atoms with Gasteiger partial charge >= 0.3 is 0 Å². The Labute approximate surface area is 112 Å². The molecule has 0 rings (SSSR count). The molecule has 0 saturated carbocycles. The van der Waals surface area contributed by atoms with Crippen molar-refractivity contribution in [1.82, 2.24) is 0 Å². The molecule has 0 spiro atoms. The van der Waals surface area contributed by atoms with Crippen LogP contribution in [0.25, 0.3) is 0 Å². The van der Waals surface area contributed by atoms with Gasteiger partial charge in [0, 0.05) is 0 Å². The molecule has 0 aromatic rings. The number of hydrogen-bond donors (Lipinski definition) is 0. The van der Waals surface area contributed by atoms with Gasteiger partial charge in [-0.2, -0.15) is 0 Å². The molecule has 0 aromatic carbocycles. The van der Waals surface area contributed by atoms with Gasteiger partial charge in [-0.3, -0.25) is 4.79 Å². The molecule has 0 aliphatic heterocycles. The van der Waals surface area contributed by atoms with E-state index in [0.717, 1.165) is 0 Å². The first-order valence-electron chi connectivity index (χ1n) is 6.79. The van der Waals surface area contributed by atoms with E-state index in [2.05, 4.69) is 38.5 Å². The Balaban J connectivity index is 4.16. The maximum atomic E-state index is 9.98. The summed E-state index contributed by atoms with van der Waals surface area (Å²) in [5.41, 5.74) is 1.46. The Morgan fingerprint density at radius 2 is 2.00 bits per heavy atom. The van der Waals surface area contributed by atoms with Crippen LogP contribution < -0.4 is 0 Å². The summed E-state index contributed by atoms with van der Waals surface area (Å²) in [7, 11) is 0. The van der Waals surface area contributed by atoms with Gasteiger partial charge in [-0.05, 0) is 31.3 Å². The van der Waals surface area contributed by atoms with Crippen molar-refractivity contribution in [1.29, 1.82) is 0 Å². The second kappa shape index (κ2) is 9.15. The molecule has 0 radical (unpaired) electrons. The summed E-state index contributed by atoms with van der Waals surface area (Å²) in [6, 6.07) is 0. The SMILES string of the molecule is CCCCC(C)(C)/C=C(\C)C(C)OCCOC=O. The fourth-order valence-electron chi connectivity index (χ4n) is 1.89. The Bertz CT molecular complexity index is 256. The Morgan fingerprint density at radius 1 is 1.33 bits per heavy atom. The van der Waals surface area contributed by atoms with Crippen molar-refractivity contribution in [2.45, 2.75) is 60.0 Å². The first-order valence-corrected chi connectivity index (χ1v) is 6.79. The van der Waals surface area contributed by atoms with Crippen LogP contribution in [0.2, 0.25) is 0 Å². The number of rotatable bonds is 10. The van der Waals surface area contributed by atoms with Crippen LogP contribution in [0.15, 0.2) is 11.6 Å². The molecule has 0 N–H and O–H groups in total. The molecule has 0 aromatic heterocycles. The average Bonchev–Trinajstić information content (AvgIpc) is 2.31. The molecule has 106 valence electrons. The molecule has 18 heavy (non-hydrogen) atoms. The highest BCUT2D eigenvalue weighted by Gasteiger charge is 2.16. The predicted molar refractivity (Wildman–Crippen MR) is 74.5 cm³/mol. The van der Waals surface area contributed by atoms with E-state index in [4.69, 9.17) is 4.74 Å². The molecule has 0 amide bonds. The van der Waals surface area contributed by atoms with E-state index in [1.54, 1.807) is 0 Å². The Morgan fingerprint density at radius 3 is 2.56 bits per heavy atom. The van der Waals surface area contributed by atoms with Gasteiger partial charge in [-0.15, -0.1) is 0 Å². The zero-order chi connectivity index (χ0) is 14.0. The van der Waals surface area contributed by atoms with Gasteiger partial charge in [0.15, 0.2) is 0 Å². The lowest BCUT2D eigenvalue weighted by molar-refractivity contribution is -0.130. The largest absolute Gasteiger partial charge is 0.465 e. The van der Waals surface area contributed by atoms with Crippen molar-refractivity contribution >= 4 is 6.47 Å². The van der Waals surface area contributed by atoms with Gasteiger partial charge in [0.05, 0.1) is 12.7 Å². The number of allylic oxidation sites excluding steroid dienone is 1. The molecule has 3 heteroatoms. The fraction of sp³-hybridized carbons (Fsp3) is 0.800. The quantitative estimate of drug-likeness (QED) is 0.339. The third kappa shape index (κ3) is 8.29. The molecule has 1 atom stereocenters. The van der Waals surface area contributed by atoms with E-state index in [-0.39, 0.29) is 11.5 Å². The zero-order valence-electron chi connectivity index (χ0n) is 12.5. The highest BCUT2D eigenvalue weighted by molar-refractivity contribution is 5.36. The molecular weight excluding hydrogens is 228 g/mol. The number of ether oxygens (including phenoxy) is 2. The van der Waals surface area contributed by atoms with Crippen molar-refractivity contribution in [2.75, 3.05) is 13.2 Å². The Kier molecular flexibility index (Phi) is 8.73. The third-order valence-corrected chi connectivity index (χ3v) is 3.07. The summed E-state index contributed by atoms with van der Waals surface area (Å²) in [6.07, 6.45) is 6.04. The number of carbonyl (C=O) groups is 1. The molecule has 0 saturated heterocycles. The molecular formula is C15H28O3. The van der Waals surface area contributed by atoms with Gasteiger partial charge < -0.3 is 9.47 Å². The van der Waals surface area contributed by atoms with Crippen LogP contribution in [0, 0.1) is 5.41 Å². The van der Waals surface area contributed by atoms with E-state index in [9.17, 15) is 4.79 Å². The number of carbonyl (C=O) groups excluding carboxylic acids is 1. The molecule has 1 unspecified atom stereocenters. The van der Waals surface area contributed by atoms with E-state index < -0.39 is 0 Å². The summed E-state index contributed by atoms with van der Waals surface area (Å²) < 4.78 is 10.2. The minimum Gasteiger partial charge on any atom is -0.465 e. The first kappa shape index (κ1) is 17.2. The molecule has 0 aliphatic rings.